The number of nitro benzene ring substituents is 1. The molecule has 6 nitrogen and oxygen atoms in total. The van der Waals surface area contributed by atoms with Crippen LogP contribution in [-0.4, -0.2) is 10.0 Å². The van der Waals surface area contributed by atoms with Crippen molar-refractivity contribution in [3.05, 3.63) is 45.3 Å². The van der Waals surface area contributed by atoms with Crippen LogP contribution in [0.2, 0.25) is 0 Å². The predicted molar refractivity (Wildman–Crippen MR) is 53.8 cm³/mol. The molecule has 1 aromatic carbocycles. The van der Waals surface area contributed by atoms with Gasteiger partial charge in [0, 0.05) is 11.6 Å². The minimum absolute atomic E-state index is 0.175. The van der Waals surface area contributed by atoms with E-state index in [9.17, 15) is 19.6 Å². The summed E-state index contributed by atoms with van der Waals surface area (Å²) in [6.07, 6.45) is 0. The van der Waals surface area contributed by atoms with Crippen LogP contribution in [0.4, 0.5) is 10.1 Å². The van der Waals surface area contributed by atoms with Crippen LogP contribution in [0.1, 0.15) is 5.56 Å². The molecule has 0 fully saturated rings. The van der Waals surface area contributed by atoms with Crippen molar-refractivity contribution in [1.29, 1.82) is 10.5 Å². The van der Waals surface area contributed by atoms with Gasteiger partial charge in [0.25, 0.3) is 0 Å². The molecule has 0 amide bonds. The fourth-order valence-corrected chi connectivity index (χ4v) is 1.08. The number of hydrogen-bond donors (Lipinski definition) is 1. The summed E-state index contributed by atoms with van der Waals surface area (Å²) in [6.45, 7) is 0. The molecule has 0 bridgehead atoms. The zero-order chi connectivity index (χ0) is 13.0. The maximum Gasteiger partial charge on any atom is 0.304 e. The first kappa shape index (κ1) is 12.1. The molecule has 7 heteroatoms. The van der Waals surface area contributed by atoms with Gasteiger partial charge in [-0.05, 0) is 12.1 Å². The van der Waals surface area contributed by atoms with Gasteiger partial charge in [-0.15, -0.1) is 0 Å². The number of aliphatic hydroxyl groups excluding tert-OH is 1. The number of aliphatic hydroxyl groups is 1. The van der Waals surface area contributed by atoms with Crippen molar-refractivity contribution in [3.8, 4) is 12.1 Å². The summed E-state index contributed by atoms with van der Waals surface area (Å²) in [7, 11) is 0. The van der Waals surface area contributed by atoms with Gasteiger partial charge in [0.1, 0.15) is 12.1 Å². The summed E-state index contributed by atoms with van der Waals surface area (Å²) in [5, 5.41) is 36.7. The van der Waals surface area contributed by atoms with Gasteiger partial charge >= 0.3 is 5.69 Å². The van der Waals surface area contributed by atoms with Gasteiger partial charge in [-0.25, -0.2) is 0 Å². The first-order valence-corrected chi connectivity index (χ1v) is 4.19. The maximum absolute atomic E-state index is 13.2. The molecule has 0 spiro atoms. The van der Waals surface area contributed by atoms with Crippen LogP contribution in [-0.2, 0) is 0 Å². The fourth-order valence-electron chi connectivity index (χ4n) is 1.08. The van der Waals surface area contributed by atoms with Crippen molar-refractivity contribution >= 4 is 11.4 Å². The minimum Gasteiger partial charge on any atom is -0.505 e. The second-order valence-electron chi connectivity index (χ2n) is 2.87. The summed E-state index contributed by atoms with van der Waals surface area (Å²) < 4.78 is 13.2. The third kappa shape index (κ3) is 2.36. The maximum atomic E-state index is 13.2. The monoisotopic (exact) mass is 233 g/mol. The van der Waals surface area contributed by atoms with Gasteiger partial charge in [0.15, 0.2) is 11.3 Å². The Kier molecular flexibility index (Phi) is 3.38. The Bertz CT molecular complexity index is 580. The molecule has 84 valence electrons. The second kappa shape index (κ2) is 4.73. The molecule has 0 aliphatic rings. The Morgan fingerprint density at radius 1 is 1.41 bits per heavy atom. The van der Waals surface area contributed by atoms with Crippen LogP contribution >= 0.6 is 0 Å². The normalized spacial score (nSPS) is 8.88. The van der Waals surface area contributed by atoms with E-state index in [0.29, 0.717) is 6.07 Å². The lowest BCUT2D eigenvalue weighted by Gasteiger charge is -2.00. The first-order valence-electron chi connectivity index (χ1n) is 4.19. The molecular weight excluding hydrogens is 229 g/mol. The van der Waals surface area contributed by atoms with Gasteiger partial charge in [0.05, 0.1) is 4.92 Å². The van der Waals surface area contributed by atoms with Crippen molar-refractivity contribution in [3.63, 3.8) is 0 Å². The van der Waals surface area contributed by atoms with E-state index in [1.807, 2.05) is 0 Å². The van der Waals surface area contributed by atoms with Gasteiger partial charge in [0.2, 0.25) is 5.82 Å². The zero-order valence-electron chi connectivity index (χ0n) is 8.22. The lowest BCUT2D eigenvalue weighted by atomic mass is 10.1. The molecule has 0 aromatic heterocycles. The molecule has 0 saturated carbocycles. The van der Waals surface area contributed by atoms with E-state index < -0.39 is 27.8 Å². The van der Waals surface area contributed by atoms with Crippen molar-refractivity contribution in [2.75, 3.05) is 0 Å². The largest absolute Gasteiger partial charge is 0.505 e. The predicted octanol–water partition coefficient (Wildman–Crippen LogP) is 2.05. The summed E-state index contributed by atoms with van der Waals surface area (Å²) >= 11 is 0. The number of nitriles is 2. The van der Waals surface area contributed by atoms with E-state index in [1.165, 1.54) is 12.1 Å². The molecule has 0 unspecified atom stereocenters. The Balaban J connectivity index is 3.35. The lowest BCUT2D eigenvalue weighted by molar-refractivity contribution is -0.387. The van der Waals surface area contributed by atoms with Gasteiger partial charge in [-0.3, -0.25) is 10.1 Å². The summed E-state index contributed by atoms with van der Waals surface area (Å²) in [5.41, 5.74) is -1.53. The molecule has 0 aliphatic carbocycles. The van der Waals surface area contributed by atoms with E-state index in [1.54, 1.807) is 0 Å². The van der Waals surface area contributed by atoms with Gasteiger partial charge < -0.3 is 5.11 Å². The number of halogens is 1. The fraction of sp³-hybridized carbons (Fsp3) is 0. The molecule has 1 aromatic rings. The number of benzene rings is 1. The van der Waals surface area contributed by atoms with Crippen LogP contribution < -0.4 is 0 Å². The topological polar surface area (TPSA) is 111 Å². The Morgan fingerprint density at radius 3 is 2.41 bits per heavy atom. The minimum atomic E-state index is -1.16. The lowest BCUT2D eigenvalue weighted by Crippen LogP contribution is -1.95. The molecule has 0 radical (unpaired) electrons. The Labute approximate surface area is 94.6 Å². The SMILES string of the molecule is N#CC(C#N)=C(O)c1ccc([N+](=O)[O-])c(F)c1. The number of hydrogen-bond acceptors (Lipinski definition) is 5. The highest BCUT2D eigenvalue weighted by atomic mass is 19.1. The van der Waals surface area contributed by atoms with Crippen molar-refractivity contribution < 1.29 is 14.4 Å². The quantitative estimate of drug-likeness (QED) is 0.363. The number of nitro groups is 1. The van der Waals surface area contributed by atoms with E-state index in [4.69, 9.17) is 10.5 Å². The average molecular weight is 233 g/mol. The number of allylic oxidation sites excluding steroid dienone is 1. The molecule has 0 saturated heterocycles. The van der Waals surface area contributed by atoms with Gasteiger partial charge in [-0.2, -0.15) is 14.9 Å². The number of rotatable bonds is 2. The summed E-state index contributed by atoms with van der Waals surface area (Å²) in [5.74, 6) is -1.88. The average Bonchev–Trinajstić information content (AvgIpc) is 2.29. The highest BCUT2D eigenvalue weighted by molar-refractivity contribution is 5.70. The molecule has 0 aliphatic heterocycles. The highest BCUT2D eigenvalue weighted by Crippen LogP contribution is 2.22. The number of nitrogens with zero attached hydrogens (tertiary/aromatic N) is 3. The third-order valence-electron chi connectivity index (χ3n) is 1.88. The summed E-state index contributed by atoms with van der Waals surface area (Å²) in [6, 6.07) is 5.41. The van der Waals surface area contributed by atoms with Crippen LogP contribution in [0.15, 0.2) is 23.8 Å². The molecule has 0 heterocycles. The van der Waals surface area contributed by atoms with Crippen LogP contribution in [0, 0.1) is 38.6 Å². The molecule has 1 N–H and O–H groups in total. The van der Waals surface area contributed by atoms with Crippen molar-refractivity contribution in [1.82, 2.24) is 0 Å². The zero-order valence-corrected chi connectivity index (χ0v) is 8.22. The smallest absolute Gasteiger partial charge is 0.304 e. The molecule has 0 atom stereocenters. The third-order valence-corrected chi connectivity index (χ3v) is 1.88. The van der Waals surface area contributed by atoms with E-state index in [2.05, 4.69) is 0 Å². The van der Waals surface area contributed by atoms with E-state index in [0.717, 1.165) is 12.1 Å². The van der Waals surface area contributed by atoms with Crippen LogP contribution in [0.5, 0.6) is 0 Å². The Morgan fingerprint density at radius 2 is 2.00 bits per heavy atom. The van der Waals surface area contributed by atoms with Crippen molar-refractivity contribution in [2.45, 2.75) is 0 Å². The van der Waals surface area contributed by atoms with Crippen LogP contribution in [0.3, 0.4) is 0 Å². The van der Waals surface area contributed by atoms with Crippen molar-refractivity contribution in [2.24, 2.45) is 0 Å². The van der Waals surface area contributed by atoms with Gasteiger partial charge in [-0.1, -0.05) is 0 Å². The highest BCUT2D eigenvalue weighted by Gasteiger charge is 2.16. The second-order valence-corrected chi connectivity index (χ2v) is 2.87. The van der Waals surface area contributed by atoms with E-state index in [-0.39, 0.29) is 5.56 Å². The molecular formula is C10H4FN3O3. The summed E-state index contributed by atoms with van der Waals surface area (Å²) in [4.78, 5) is 9.41. The first-order chi connectivity index (χ1) is 8.01. The van der Waals surface area contributed by atoms with E-state index >= 15 is 0 Å². The van der Waals surface area contributed by atoms with Crippen LogP contribution in [0.25, 0.3) is 5.76 Å². The molecule has 1 rings (SSSR count). The molecule has 17 heavy (non-hydrogen) atoms. The Hall–Kier alpha value is -2.93. The standard InChI is InChI=1S/C10H4FN3O3/c11-8-3-6(1-2-9(8)14(16)17)10(15)7(4-12)5-13/h1-3,15H.